The Morgan fingerprint density at radius 3 is 2.56 bits per heavy atom. The SMILES string of the molecule is Cc1cccc(NC(=O)CN(C)C(=O)COc2ccccc2F)c1C. The first kappa shape index (κ1) is 18.4. The second-order valence-electron chi connectivity index (χ2n) is 5.76. The molecule has 0 aliphatic carbocycles. The third-order valence-electron chi connectivity index (χ3n) is 3.87. The number of ether oxygens (including phenoxy) is 1. The van der Waals surface area contributed by atoms with Gasteiger partial charge < -0.3 is 15.0 Å². The van der Waals surface area contributed by atoms with Gasteiger partial charge in [-0.1, -0.05) is 24.3 Å². The number of nitrogens with zero attached hydrogens (tertiary/aromatic N) is 1. The van der Waals surface area contributed by atoms with Crippen molar-refractivity contribution < 1.29 is 18.7 Å². The van der Waals surface area contributed by atoms with Gasteiger partial charge >= 0.3 is 0 Å². The summed E-state index contributed by atoms with van der Waals surface area (Å²) < 4.78 is 18.6. The summed E-state index contributed by atoms with van der Waals surface area (Å²) in [6.07, 6.45) is 0. The number of benzene rings is 2. The Labute approximate surface area is 146 Å². The average molecular weight is 344 g/mol. The van der Waals surface area contributed by atoms with Gasteiger partial charge in [0, 0.05) is 12.7 Å². The summed E-state index contributed by atoms with van der Waals surface area (Å²) in [4.78, 5) is 25.4. The van der Waals surface area contributed by atoms with Crippen LogP contribution in [0.3, 0.4) is 0 Å². The first-order valence-corrected chi connectivity index (χ1v) is 7.86. The lowest BCUT2D eigenvalue weighted by atomic mass is 10.1. The van der Waals surface area contributed by atoms with Crippen LogP contribution in [0.25, 0.3) is 0 Å². The topological polar surface area (TPSA) is 58.6 Å². The van der Waals surface area contributed by atoms with E-state index in [-0.39, 0.29) is 24.8 Å². The van der Waals surface area contributed by atoms with Crippen LogP contribution >= 0.6 is 0 Å². The molecular formula is C19H21FN2O3. The molecule has 0 aliphatic heterocycles. The van der Waals surface area contributed by atoms with Crippen molar-refractivity contribution in [2.45, 2.75) is 13.8 Å². The van der Waals surface area contributed by atoms with Crippen LogP contribution in [0.4, 0.5) is 10.1 Å². The van der Waals surface area contributed by atoms with E-state index in [1.165, 1.54) is 30.1 Å². The second-order valence-corrected chi connectivity index (χ2v) is 5.76. The second kappa shape index (κ2) is 8.28. The highest BCUT2D eigenvalue weighted by Crippen LogP contribution is 2.18. The Balaban J connectivity index is 1.87. The van der Waals surface area contributed by atoms with E-state index in [9.17, 15) is 14.0 Å². The minimum atomic E-state index is -0.536. The quantitative estimate of drug-likeness (QED) is 0.877. The molecule has 2 aromatic carbocycles. The maximum atomic E-state index is 13.4. The molecule has 2 aromatic rings. The predicted octanol–water partition coefficient (Wildman–Crippen LogP) is 2.92. The molecule has 0 fully saturated rings. The molecule has 132 valence electrons. The normalized spacial score (nSPS) is 10.2. The van der Waals surface area contributed by atoms with Crippen LogP contribution < -0.4 is 10.1 Å². The summed E-state index contributed by atoms with van der Waals surface area (Å²) in [6, 6.07) is 11.5. The molecule has 2 rings (SSSR count). The summed E-state index contributed by atoms with van der Waals surface area (Å²) in [5.74, 6) is -1.26. The monoisotopic (exact) mass is 344 g/mol. The Hall–Kier alpha value is -2.89. The molecule has 0 saturated heterocycles. The third kappa shape index (κ3) is 5.04. The molecule has 6 heteroatoms. The summed E-state index contributed by atoms with van der Waals surface area (Å²) in [5, 5.41) is 2.79. The molecule has 1 N–H and O–H groups in total. The highest BCUT2D eigenvalue weighted by Gasteiger charge is 2.15. The lowest BCUT2D eigenvalue weighted by molar-refractivity contribution is -0.135. The standard InChI is InChI=1S/C19H21FN2O3/c1-13-7-6-9-16(14(13)2)21-18(23)11-22(3)19(24)12-25-17-10-5-4-8-15(17)20/h4-10H,11-12H2,1-3H3,(H,21,23). The number of para-hydroxylation sites is 1. The summed E-state index contributed by atoms with van der Waals surface area (Å²) >= 11 is 0. The average Bonchev–Trinajstić information content (AvgIpc) is 2.58. The zero-order chi connectivity index (χ0) is 18.4. The van der Waals surface area contributed by atoms with Crippen molar-refractivity contribution in [1.82, 2.24) is 4.90 Å². The highest BCUT2D eigenvalue weighted by molar-refractivity contribution is 5.95. The van der Waals surface area contributed by atoms with E-state index < -0.39 is 11.7 Å². The van der Waals surface area contributed by atoms with Crippen molar-refractivity contribution in [1.29, 1.82) is 0 Å². The Morgan fingerprint density at radius 1 is 1.12 bits per heavy atom. The molecule has 25 heavy (non-hydrogen) atoms. The third-order valence-corrected chi connectivity index (χ3v) is 3.87. The highest BCUT2D eigenvalue weighted by atomic mass is 19.1. The van der Waals surface area contributed by atoms with Gasteiger partial charge in [-0.2, -0.15) is 0 Å². The Kier molecular flexibility index (Phi) is 6.11. The smallest absolute Gasteiger partial charge is 0.260 e. The van der Waals surface area contributed by atoms with Gasteiger partial charge in [0.15, 0.2) is 18.2 Å². The van der Waals surface area contributed by atoms with E-state index >= 15 is 0 Å². The van der Waals surface area contributed by atoms with E-state index in [1.54, 1.807) is 6.07 Å². The number of carbonyl (C=O) groups excluding carboxylic acids is 2. The fraction of sp³-hybridized carbons (Fsp3) is 0.263. The molecule has 0 bridgehead atoms. The van der Waals surface area contributed by atoms with Crippen LogP contribution in [0.5, 0.6) is 5.75 Å². The molecule has 2 amide bonds. The molecule has 0 aliphatic rings. The van der Waals surface area contributed by atoms with Crippen molar-refractivity contribution >= 4 is 17.5 Å². The molecule has 0 aromatic heterocycles. The summed E-state index contributed by atoms with van der Waals surface area (Å²) in [5.41, 5.74) is 2.77. The van der Waals surface area contributed by atoms with E-state index in [0.29, 0.717) is 5.69 Å². The van der Waals surface area contributed by atoms with Gasteiger partial charge in [0.05, 0.1) is 6.54 Å². The number of halogens is 1. The number of carbonyl (C=O) groups is 2. The maximum Gasteiger partial charge on any atom is 0.260 e. The molecule has 0 atom stereocenters. The fourth-order valence-corrected chi connectivity index (χ4v) is 2.19. The number of hydrogen-bond acceptors (Lipinski definition) is 3. The first-order valence-electron chi connectivity index (χ1n) is 7.86. The van der Waals surface area contributed by atoms with Crippen LogP contribution in [0.2, 0.25) is 0 Å². The molecule has 5 nitrogen and oxygen atoms in total. The zero-order valence-electron chi connectivity index (χ0n) is 14.5. The molecule has 0 saturated carbocycles. The van der Waals surface area contributed by atoms with Gasteiger partial charge in [0.1, 0.15) is 0 Å². The number of amides is 2. The number of rotatable bonds is 6. The predicted molar refractivity (Wildman–Crippen MR) is 94.1 cm³/mol. The van der Waals surface area contributed by atoms with Crippen molar-refractivity contribution in [3.8, 4) is 5.75 Å². The number of aryl methyl sites for hydroxylation is 1. The van der Waals surface area contributed by atoms with Crippen LogP contribution in [0, 0.1) is 19.7 Å². The number of likely N-dealkylation sites (N-methyl/N-ethyl adjacent to an activating group) is 1. The molecule has 0 spiro atoms. The summed E-state index contributed by atoms with van der Waals surface area (Å²) in [7, 11) is 1.50. The van der Waals surface area contributed by atoms with Gasteiger partial charge in [-0.25, -0.2) is 4.39 Å². The molecule has 0 radical (unpaired) electrons. The Morgan fingerprint density at radius 2 is 1.84 bits per heavy atom. The van der Waals surface area contributed by atoms with Crippen LogP contribution in [0.1, 0.15) is 11.1 Å². The number of anilines is 1. The van der Waals surface area contributed by atoms with Gasteiger partial charge in [-0.05, 0) is 43.2 Å². The van der Waals surface area contributed by atoms with E-state index in [2.05, 4.69) is 5.32 Å². The van der Waals surface area contributed by atoms with Crippen molar-refractivity contribution in [2.24, 2.45) is 0 Å². The van der Waals surface area contributed by atoms with E-state index in [4.69, 9.17) is 4.74 Å². The van der Waals surface area contributed by atoms with Gasteiger partial charge in [-0.3, -0.25) is 9.59 Å². The summed E-state index contributed by atoms with van der Waals surface area (Å²) in [6.45, 7) is 3.42. The molecule has 0 heterocycles. The molecular weight excluding hydrogens is 323 g/mol. The van der Waals surface area contributed by atoms with Crippen LogP contribution in [-0.4, -0.2) is 36.9 Å². The zero-order valence-corrected chi connectivity index (χ0v) is 14.5. The van der Waals surface area contributed by atoms with Crippen LogP contribution in [-0.2, 0) is 9.59 Å². The van der Waals surface area contributed by atoms with Crippen molar-refractivity contribution in [3.05, 3.63) is 59.4 Å². The minimum absolute atomic E-state index is 0.00378. The minimum Gasteiger partial charge on any atom is -0.481 e. The van der Waals surface area contributed by atoms with Gasteiger partial charge in [0.25, 0.3) is 5.91 Å². The number of nitrogens with one attached hydrogen (secondary N) is 1. The van der Waals surface area contributed by atoms with Gasteiger partial charge in [-0.15, -0.1) is 0 Å². The maximum absolute atomic E-state index is 13.4. The van der Waals surface area contributed by atoms with Crippen molar-refractivity contribution in [2.75, 3.05) is 25.5 Å². The Bertz CT molecular complexity index is 777. The van der Waals surface area contributed by atoms with E-state index in [0.717, 1.165) is 11.1 Å². The van der Waals surface area contributed by atoms with Crippen molar-refractivity contribution in [3.63, 3.8) is 0 Å². The number of hydrogen-bond donors (Lipinski definition) is 1. The largest absolute Gasteiger partial charge is 0.481 e. The van der Waals surface area contributed by atoms with Crippen LogP contribution in [0.15, 0.2) is 42.5 Å². The van der Waals surface area contributed by atoms with Gasteiger partial charge in [0.2, 0.25) is 5.91 Å². The lowest BCUT2D eigenvalue weighted by Gasteiger charge is -2.18. The lowest BCUT2D eigenvalue weighted by Crippen LogP contribution is -2.37. The molecule has 0 unspecified atom stereocenters. The fourth-order valence-electron chi connectivity index (χ4n) is 2.19. The van der Waals surface area contributed by atoms with E-state index in [1.807, 2.05) is 32.0 Å². The first-order chi connectivity index (χ1) is 11.9.